The Hall–Kier alpha value is -1.43. The molecule has 0 unspecified atom stereocenters. The monoisotopic (exact) mass is 261 g/mol. The molecular weight excluding hydrogens is 251 g/mol. The highest BCUT2D eigenvalue weighted by Gasteiger charge is 2.38. The van der Waals surface area contributed by atoms with Crippen molar-refractivity contribution in [3.05, 3.63) is 36.9 Å². The van der Waals surface area contributed by atoms with Gasteiger partial charge in [0, 0.05) is 10.6 Å². The van der Waals surface area contributed by atoms with E-state index in [1.54, 1.807) is 24.3 Å². The Balaban J connectivity index is 2.83. The molecule has 0 aliphatic carbocycles. The van der Waals surface area contributed by atoms with Crippen LogP contribution in [0.5, 0.6) is 0 Å². The first kappa shape index (κ1) is 13.6. The van der Waals surface area contributed by atoms with Crippen LogP contribution in [0.2, 0.25) is 0 Å². The van der Waals surface area contributed by atoms with Crippen molar-refractivity contribution in [3.63, 3.8) is 0 Å². The lowest BCUT2D eigenvalue weighted by Gasteiger charge is -2.11. The van der Waals surface area contributed by atoms with Gasteiger partial charge in [-0.1, -0.05) is 18.2 Å². The summed E-state index contributed by atoms with van der Waals surface area (Å²) in [4.78, 5) is 11.4. The van der Waals surface area contributed by atoms with Gasteiger partial charge in [0.15, 0.2) is 0 Å². The van der Waals surface area contributed by atoms with Gasteiger partial charge in [-0.25, -0.2) is 0 Å². The van der Waals surface area contributed by atoms with Gasteiger partial charge in [0.05, 0.1) is 5.69 Å². The van der Waals surface area contributed by atoms with E-state index in [1.807, 2.05) is 5.32 Å². The van der Waals surface area contributed by atoms with Crippen molar-refractivity contribution in [2.24, 2.45) is 0 Å². The molecular formula is C11H10F3NOS. The van der Waals surface area contributed by atoms with Crippen LogP contribution in [0.3, 0.4) is 0 Å². The number of amides is 1. The summed E-state index contributed by atoms with van der Waals surface area (Å²) in [6.07, 6.45) is -3.25. The third-order valence-corrected chi connectivity index (χ3v) is 2.82. The van der Waals surface area contributed by atoms with Gasteiger partial charge in [-0.05, 0) is 12.1 Å². The molecule has 1 aromatic carbocycles. The molecule has 0 aromatic heterocycles. The van der Waals surface area contributed by atoms with E-state index in [4.69, 9.17) is 0 Å². The fourth-order valence-corrected chi connectivity index (χ4v) is 1.78. The van der Waals surface area contributed by atoms with E-state index < -0.39 is 12.1 Å². The number of nitrogens with one attached hydrogen (secondary N) is 1. The van der Waals surface area contributed by atoms with Gasteiger partial charge in [-0.15, -0.1) is 18.3 Å². The van der Waals surface area contributed by atoms with Crippen LogP contribution in [-0.2, 0) is 4.79 Å². The van der Waals surface area contributed by atoms with Crippen molar-refractivity contribution in [3.8, 4) is 0 Å². The summed E-state index contributed by atoms with van der Waals surface area (Å²) in [5.41, 5.74) is 0.154. The van der Waals surface area contributed by atoms with E-state index in [9.17, 15) is 18.0 Å². The normalized spacial score (nSPS) is 11.0. The van der Waals surface area contributed by atoms with Gasteiger partial charge < -0.3 is 5.32 Å². The first-order valence-corrected chi connectivity index (χ1v) is 5.64. The fourth-order valence-electron chi connectivity index (χ4n) is 1.04. The number of thioether (sulfide) groups is 1. The number of hydrogen-bond donors (Lipinski definition) is 1. The van der Waals surface area contributed by atoms with Crippen molar-refractivity contribution in [1.29, 1.82) is 0 Å². The van der Waals surface area contributed by atoms with Gasteiger partial charge in [0.1, 0.15) is 0 Å². The Kier molecular flexibility index (Phi) is 4.62. The molecule has 0 aliphatic rings. The van der Waals surface area contributed by atoms with Crippen molar-refractivity contribution in [2.75, 3.05) is 11.1 Å². The molecule has 6 heteroatoms. The van der Waals surface area contributed by atoms with Gasteiger partial charge in [0.2, 0.25) is 0 Å². The third kappa shape index (κ3) is 4.14. The maximum absolute atomic E-state index is 12.1. The van der Waals surface area contributed by atoms with Crippen LogP contribution < -0.4 is 5.32 Å². The molecule has 1 N–H and O–H groups in total. The van der Waals surface area contributed by atoms with Crippen molar-refractivity contribution in [2.45, 2.75) is 11.1 Å². The zero-order valence-corrected chi connectivity index (χ0v) is 9.57. The van der Waals surface area contributed by atoms with Crippen LogP contribution in [0, 0.1) is 0 Å². The van der Waals surface area contributed by atoms with E-state index in [2.05, 4.69) is 6.58 Å². The molecule has 0 heterocycles. The minimum Gasteiger partial charge on any atom is -0.317 e. The Morgan fingerprint density at radius 3 is 2.65 bits per heavy atom. The SMILES string of the molecule is C=CCSc1ccccc1NC(=O)C(F)(F)F. The minimum absolute atomic E-state index is 0.154. The lowest BCUT2D eigenvalue weighted by molar-refractivity contribution is -0.167. The summed E-state index contributed by atoms with van der Waals surface area (Å²) < 4.78 is 36.3. The summed E-state index contributed by atoms with van der Waals surface area (Å²) in [7, 11) is 0. The maximum atomic E-state index is 12.1. The highest BCUT2D eigenvalue weighted by Crippen LogP contribution is 2.28. The van der Waals surface area contributed by atoms with Crippen LogP contribution in [0.4, 0.5) is 18.9 Å². The topological polar surface area (TPSA) is 29.1 Å². The van der Waals surface area contributed by atoms with Crippen LogP contribution in [0.25, 0.3) is 0 Å². The average Bonchev–Trinajstić information content (AvgIpc) is 2.26. The smallest absolute Gasteiger partial charge is 0.317 e. The second kappa shape index (κ2) is 5.77. The van der Waals surface area contributed by atoms with E-state index >= 15 is 0 Å². The number of carbonyl (C=O) groups is 1. The van der Waals surface area contributed by atoms with Gasteiger partial charge in [0.25, 0.3) is 0 Å². The maximum Gasteiger partial charge on any atom is 0.471 e. The molecule has 1 aromatic rings. The number of halogens is 3. The first-order chi connectivity index (χ1) is 7.95. The van der Waals surface area contributed by atoms with Crippen LogP contribution in [0.15, 0.2) is 41.8 Å². The molecule has 1 amide bonds. The predicted octanol–water partition coefficient (Wildman–Crippen LogP) is 3.47. The van der Waals surface area contributed by atoms with Crippen molar-refractivity contribution < 1.29 is 18.0 Å². The zero-order chi connectivity index (χ0) is 12.9. The summed E-state index contributed by atoms with van der Waals surface area (Å²) in [5, 5.41) is 1.84. The Morgan fingerprint density at radius 2 is 2.06 bits per heavy atom. The number of benzene rings is 1. The first-order valence-electron chi connectivity index (χ1n) is 4.66. The number of anilines is 1. The molecule has 17 heavy (non-hydrogen) atoms. The Labute approximate surface area is 101 Å². The fraction of sp³-hybridized carbons (Fsp3) is 0.182. The lowest BCUT2D eigenvalue weighted by atomic mass is 10.3. The van der Waals surface area contributed by atoms with Gasteiger partial charge >= 0.3 is 12.1 Å². The van der Waals surface area contributed by atoms with E-state index in [1.165, 1.54) is 17.8 Å². The molecule has 2 nitrogen and oxygen atoms in total. The third-order valence-electron chi connectivity index (χ3n) is 1.75. The Morgan fingerprint density at radius 1 is 1.41 bits per heavy atom. The lowest BCUT2D eigenvalue weighted by Crippen LogP contribution is -2.30. The number of rotatable bonds is 4. The van der Waals surface area contributed by atoms with Crippen molar-refractivity contribution in [1.82, 2.24) is 0 Å². The molecule has 0 aliphatic heterocycles. The van der Waals surface area contributed by atoms with Crippen LogP contribution >= 0.6 is 11.8 Å². The molecule has 0 saturated heterocycles. The average molecular weight is 261 g/mol. The van der Waals surface area contributed by atoms with E-state index in [0.29, 0.717) is 10.6 Å². The highest BCUT2D eigenvalue weighted by molar-refractivity contribution is 7.99. The number of hydrogen-bond acceptors (Lipinski definition) is 2. The molecule has 92 valence electrons. The van der Waals surface area contributed by atoms with Gasteiger partial charge in [-0.2, -0.15) is 13.2 Å². The molecule has 0 saturated carbocycles. The van der Waals surface area contributed by atoms with Gasteiger partial charge in [-0.3, -0.25) is 4.79 Å². The highest BCUT2D eigenvalue weighted by atomic mass is 32.2. The molecule has 0 atom stereocenters. The minimum atomic E-state index is -4.88. The van der Waals surface area contributed by atoms with Crippen LogP contribution in [0.1, 0.15) is 0 Å². The molecule has 1 rings (SSSR count). The standard InChI is InChI=1S/C11H10F3NOS/c1-2-7-17-9-6-4-3-5-8(9)15-10(16)11(12,13)14/h2-6H,1,7H2,(H,15,16). The molecule has 0 bridgehead atoms. The summed E-state index contributed by atoms with van der Waals surface area (Å²) in [6, 6.07) is 6.31. The number of alkyl halides is 3. The van der Waals surface area contributed by atoms with Crippen molar-refractivity contribution >= 4 is 23.4 Å². The summed E-state index contributed by atoms with van der Waals surface area (Å²) in [6.45, 7) is 3.52. The molecule has 0 radical (unpaired) electrons. The second-order valence-corrected chi connectivity index (χ2v) is 4.11. The Bertz CT molecular complexity index is 417. The molecule has 0 fully saturated rings. The number of carbonyl (C=O) groups excluding carboxylic acids is 1. The summed E-state index contributed by atoms with van der Waals surface area (Å²) in [5.74, 6) is -1.41. The largest absolute Gasteiger partial charge is 0.471 e. The zero-order valence-electron chi connectivity index (χ0n) is 8.75. The van der Waals surface area contributed by atoms with Crippen LogP contribution in [-0.4, -0.2) is 17.8 Å². The summed E-state index contributed by atoms with van der Waals surface area (Å²) >= 11 is 1.30. The van der Waals surface area contributed by atoms with E-state index in [-0.39, 0.29) is 5.69 Å². The second-order valence-electron chi connectivity index (χ2n) is 3.05. The molecule has 0 spiro atoms. The quantitative estimate of drug-likeness (QED) is 0.664. The predicted molar refractivity (Wildman–Crippen MR) is 62.0 cm³/mol. The van der Waals surface area contributed by atoms with E-state index in [0.717, 1.165) is 0 Å². The number of para-hydroxylation sites is 1.